The number of aromatic hydroxyl groups is 1. The number of amides is 1. The Morgan fingerprint density at radius 3 is 2.32 bits per heavy atom. The molecule has 0 radical (unpaired) electrons. The lowest BCUT2D eigenvalue weighted by Crippen LogP contribution is -2.13. The first kappa shape index (κ1) is 19.3. The van der Waals surface area contributed by atoms with Crippen LogP contribution in [0.25, 0.3) is 0 Å². The third kappa shape index (κ3) is 4.63. The van der Waals surface area contributed by atoms with Gasteiger partial charge in [0.25, 0.3) is 5.91 Å². The van der Waals surface area contributed by atoms with E-state index in [4.69, 9.17) is 4.74 Å². The molecule has 9 heteroatoms. The molecule has 3 aromatic rings. The molecular formula is C19H17N3O5S. The number of carbonyl (C=O) groups is 1. The summed E-state index contributed by atoms with van der Waals surface area (Å²) in [4.78, 5) is 20.7. The zero-order valence-corrected chi connectivity index (χ0v) is 15.9. The summed E-state index contributed by atoms with van der Waals surface area (Å²) in [6.45, 7) is 1.77. The Morgan fingerprint density at radius 1 is 1.04 bits per heavy atom. The van der Waals surface area contributed by atoms with Crippen LogP contribution in [0.2, 0.25) is 0 Å². The molecule has 2 N–H and O–H groups in total. The number of benzene rings is 2. The molecule has 0 spiro atoms. The minimum Gasteiger partial charge on any atom is -0.507 e. The van der Waals surface area contributed by atoms with Crippen LogP contribution in [0.15, 0.2) is 59.8 Å². The molecule has 8 nitrogen and oxygen atoms in total. The molecule has 2 aromatic carbocycles. The minimum absolute atomic E-state index is 0.00682. The second-order valence-corrected chi connectivity index (χ2v) is 8.04. The second kappa shape index (κ2) is 7.65. The van der Waals surface area contributed by atoms with Crippen molar-refractivity contribution in [3.05, 3.63) is 66.1 Å². The predicted molar refractivity (Wildman–Crippen MR) is 102 cm³/mol. The summed E-state index contributed by atoms with van der Waals surface area (Å²) < 4.78 is 28.7. The maximum absolute atomic E-state index is 12.4. The highest BCUT2D eigenvalue weighted by Gasteiger charge is 2.14. The molecule has 0 aliphatic carbocycles. The number of nitrogens with one attached hydrogen (secondary N) is 1. The number of aryl methyl sites for hydroxylation is 1. The molecule has 0 unspecified atom stereocenters. The van der Waals surface area contributed by atoms with Crippen molar-refractivity contribution in [3.8, 4) is 17.2 Å². The van der Waals surface area contributed by atoms with Crippen LogP contribution in [0.5, 0.6) is 17.2 Å². The smallest absolute Gasteiger partial charge is 0.260 e. The van der Waals surface area contributed by atoms with Gasteiger partial charge in [-0.3, -0.25) is 9.78 Å². The number of hydrogen-bond acceptors (Lipinski definition) is 7. The molecule has 0 fully saturated rings. The van der Waals surface area contributed by atoms with E-state index in [9.17, 15) is 18.3 Å². The Balaban J connectivity index is 1.79. The first-order valence-corrected chi connectivity index (χ1v) is 10.0. The number of aromatic nitrogens is 2. The standard InChI is InChI=1S/C19H17N3O5S/c1-12-10-21-18(11-20-12)22-19(24)16-9-14(5-8-17(16)23)27-13-3-6-15(7-4-13)28(2,25)26/h3-11,23H,1-2H3,(H,21,22,24). The molecule has 144 valence electrons. The normalized spacial score (nSPS) is 11.1. The van der Waals surface area contributed by atoms with Crippen LogP contribution in [-0.4, -0.2) is 35.7 Å². The summed E-state index contributed by atoms with van der Waals surface area (Å²) in [5.74, 6) is 0.127. The summed E-state index contributed by atoms with van der Waals surface area (Å²) in [5.41, 5.74) is 0.700. The van der Waals surface area contributed by atoms with Crippen molar-refractivity contribution < 1.29 is 23.1 Å². The first-order chi connectivity index (χ1) is 13.2. The van der Waals surface area contributed by atoms with Gasteiger partial charge in [0.15, 0.2) is 15.7 Å². The highest BCUT2D eigenvalue weighted by molar-refractivity contribution is 7.90. The van der Waals surface area contributed by atoms with Crippen molar-refractivity contribution in [2.45, 2.75) is 11.8 Å². The highest BCUT2D eigenvalue weighted by Crippen LogP contribution is 2.28. The lowest BCUT2D eigenvalue weighted by Gasteiger charge is -2.10. The quantitative estimate of drug-likeness (QED) is 0.677. The van der Waals surface area contributed by atoms with Gasteiger partial charge in [0, 0.05) is 6.26 Å². The predicted octanol–water partition coefficient (Wildman–Crippen LogP) is 2.94. The maximum Gasteiger partial charge on any atom is 0.260 e. The molecule has 1 heterocycles. The van der Waals surface area contributed by atoms with Crippen LogP contribution in [0.4, 0.5) is 5.82 Å². The number of rotatable bonds is 5. The number of nitrogens with zero attached hydrogens (tertiary/aromatic N) is 2. The summed E-state index contributed by atoms with van der Waals surface area (Å²) >= 11 is 0. The van der Waals surface area contributed by atoms with Gasteiger partial charge in [0.1, 0.15) is 17.2 Å². The molecule has 3 rings (SSSR count). The van der Waals surface area contributed by atoms with Gasteiger partial charge >= 0.3 is 0 Å². The third-order valence-corrected chi connectivity index (χ3v) is 4.85. The molecule has 0 bridgehead atoms. The van der Waals surface area contributed by atoms with Gasteiger partial charge < -0.3 is 15.2 Å². The van der Waals surface area contributed by atoms with E-state index in [0.717, 1.165) is 6.26 Å². The summed E-state index contributed by atoms with van der Waals surface area (Å²) in [7, 11) is -3.30. The summed E-state index contributed by atoms with van der Waals surface area (Å²) in [5, 5.41) is 12.5. The monoisotopic (exact) mass is 399 g/mol. The zero-order chi connectivity index (χ0) is 20.3. The molecule has 1 aromatic heterocycles. The number of ether oxygens (including phenoxy) is 1. The second-order valence-electron chi connectivity index (χ2n) is 6.02. The SMILES string of the molecule is Cc1cnc(NC(=O)c2cc(Oc3ccc(S(C)(=O)=O)cc3)ccc2O)cn1. The van der Waals surface area contributed by atoms with Gasteiger partial charge in [-0.25, -0.2) is 13.4 Å². The molecule has 0 aliphatic heterocycles. The van der Waals surface area contributed by atoms with Gasteiger partial charge in [-0.1, -0.05) is 0 Å². The average molecular weight is 399 g/mol. The number of hydrogen-bond donors (Lipinski definition) is 2. The van der Waals surface area contributed by atoms with Crippen LogP contribution in [0.1, 0.15) is 16.1 Å². The van der Waals surface area contributed by atoms with Crippen LogP contribution in [0, 0.1) is 6.92 Å². The fourth-order valence-electron chi connectivity index (χ4n) is 2.29. The van der Waals surface area contributed by atoms with E-state index in [1.165, 1.54) is 54.9 Å². The van der Waals surface area contributed by atoms with Gasteiger partial charge in [0.05, 0.1) is 28.5 Å². The van der Waals surface area contributed by atoms with Crippen LogP contribution >= 0.6 is 0 Å². The Kier molecular flexibility index (Phi) is 5.27. The Hall–Kier alpha value is -3.46. The largest absolute Gasteiger partial charge is 0.507 e. The number of carbonyl (C=O) groups excluding carboxylic acids is 1. The molecule has 28 heavy (non-hydrogen) atoms. The number of sulfone groups is 1. The van der Waals surface area contributed by atoms with E-state index in [-0.39, 0.29) is 22.0 Å². The van der Waals surface area contributed by atoms with E-state index in [2.05, 4.69) is 15.3 Å². The first-order valence-electron chi connectivity index (χ1n) is 8.13. The topological polar surface area (TPSA) is 118 Å². The van der Waals surface area contributed by atoms with Crippen LogP contribution < -0.4 is 10.1 Å². The molecule has 0 atom stereocenters. The number of phenols is 1. The van der Waals surface area contributed by atoms with Gasteiger partial charge in [-0.05, 0) is 49.4 Å². The van der Waals surface area contributed by atoms with Crippen molar-refractivity contribution in [1.82, 2.24) is 9.97 Å². The number of phenolic OH excluding ortho intramolecular Hbond substituents is 1. The lowest BCUT2D eigenvalue weighted by atomic mass is 10.1. The van der Waals surface area contributed by atoms with Gasteiger partial charge in [0.2, 0.25) is 0 Å². The molecule has 0 saturated carbocycles. The van der Waals surface area contributed by atoms with Crippen LogP contribution in [0.3, 0.4) is 0 Å². The van der Waals surface area contributed by atoms with E-state index in [1.807, 2.05) is 0 Å². The highest BCUT2D eigenvalue weighted by atomic mass is 32.2. The Labute approximate surface area is 161 Å². The molecule has 0 saturated heterocycles. The molecule has 0 aliphatic rings. The maximum atomic E-state index is 12.4. The van der Waals surface area contributed by atoms with Crippen LogP contribution in [-0.2, 0) is 9.84 Å². The van der Waals surface area contributed by atoms with E-state index in [1.54, 1.807) is 6.92 Å². The van der Waals surface area contributed by atoms with Crippen molar-refractivity contribution in [2.75, 3.05) is 11.6 Å². The fraction of sp³-hybridized carbons (Fsp3) is 0.105. The van der Waals surface area contributed by atoms with Crippen molar-refractivity contribution >= 4 is 21.6 Å². The Bertz CT molecular complexity index is 1110. The number of anilines is 1. The molecular weight excluding hydrogens is 382 g/mol. The van der Waals surface area contributed by atoms with Gasteiger partial charge in [-0.15, -0.1) is 0 Å². The summed E-state index contributed by atoms with van der Waals surface area (Å²) in [6, 6.07) is 10.0. The average Bonchev–Trinajstić information content (AvgIpc) is 2.65. The minimum atomic E-state index is -3.30. The molecule has 1 amide bonds. The third-order valence-electron chi connectivity index (χ3n) is 3.72. The van der Waals surface area contributed by atoms with Gasteiger partial charge in [-0.2, -0.15) is 0 Å². The van der Waals surface area contributed by atoms with E-state index < -0.39 is 15.7 Å². The van der Waals surface area contributed by atoms with Crippen molar-refractivity contribution in [1.29, 1.82) is 0 Å². The van der Waals surface area contributed by atoms with E-state index in [0.29, 0.717) is 17.2 Å². The van der Waals surface area contributed by atoms with Crippen molar-refractivity contribution in [3.63, 3.8) is 0 Å². The summed E-state index contributed by atoms with van der Waals surface area (Å²) in [6.07, 6.45) is 4.04. The van der Waals surface area contributed by atoms with E-state index >= 15 is 0 Å². The fourth-order valence-corrected chi connectivity index (χ4v) is 2.92. The lowest BCUT2D eigenvalue weighted by molar-refractivity contribution is 0.102. The zero-order valence-electron chi connectivity index (χ0n) is 15.1. The van der Waals surface area contributed by atoms with Crippen molar-refractivity contribution in [2.24, 2.45) is 0 Å². The Morgan fingerprint density at radius 2 is 1.71 bits per heavy atom.